The Labute approximate surface area is 143 Å². The summed E-state index contributed by atoms with van der Waals surface area (Å²) < 4.78 is 27.5. The van der Waals surface area contributed by atoms with Gasteiger partial charge in [-0.15, -0.1) is 12.4 Å². The van der Waals surface area contributed by atoms with Crippen molar-refractivity contribution in [2.45, 2.75) is 12.1 Å². The lowest BCUT2D eigenvalue weighted by Gasteiger charge is -2.43. The van der Waals surface area contributed by atoms with Crippen LogP contribution in [0.2, 0.25) is 0 Å². The zero-order chi connectivity index (χ0) is 15.6. The minimum Gasteiger partial charge on any atom is -0.287 e. The second-order valence-electron chi connectivity index (χ2n) is 5.60. The van der Waals surface area contributed by atoms with Crippen LogP contribution >= 0.6 is 12.4 Å². The van der Waals surface area contributed by atoms with Crippen molar-refractivity contribution < 1.29 is 12.6 Å². The van der Waals surface area contributed by atoms with E-state index >= 15 is 0 Å². The molecule has 0 amide bonds. The monoisotopic (exact) mass is 353 g/mol. The Morgan fingerprint density at radius 2 is 1.39 bits per heavy atom. The number of rotatable bonds is 5. The molecule has 1 aliphatic heterocycles. The van der Waals surface area contributed by atoms with E-state index in [-0.39, 0.29) is 24.6 Å². The molecular weight excluding hydrogens is 334 g/mol. The highest BCUT2D eigenvalue weighted by atomic mass is 35.5. The second-order valence-corrected chi connectivity index (χ2v) is 7.20. The van der Waals surface area contributed by atoms with Gasteiger partial charge in [-0.05, 0) is 11.1 Å². The molecule has 0 saturated carbocycles. The first kappa shape index (κ1) is 17.9. The van der Waals surface area contributed by atoms with Gasteiger partial charge in [-0.25, -0.2) is 0 Å². The van der Waals surface area contributed by atoms with Crippen LogP contribution in [0.1, 0.15) is 17.2 Å². The highest BCUT2D eigenvalue weighted by Gasteiger charge is 2.36. The fourth-order valence-corrected chi connectivity index (χ4v) is 3.49. The van der Waals surface area contributed by atoms with Crippen molar-refractivity contribution in [3.8, 4) is 0 Å². The van der Waals surface area contributed by atoms with Gasteiger partial charge in [-0.1, -0.05) is 60.7 Å². The third kappa shape index (κ3) is 4.54. The summed E-state index contributed by atoms with van der Waals surface area (Å²) in [7, 11) is -3.39. The van der Waals surface area contributed by atoms with E-state index in [0.29, 0.717) is 13.1 Å². The molecule has 3 rings (SSSR count). The minimum atomic E-state index is -3.39. The third-order valence-corrected chi connectivity index (χ3v) is 4.40. The van der Waals surface area contributed by atoms with E-state index < -0.39 is 10.1 Å². The zero-order valence-electron chi connectivity index (χ0n) is 12.8. The van der Waals surface area contributed by atoms with E-state index in [4.69, 9.17) is 4.18 Å². The van der Waals surface area contributed by atoms with E-state index in [1.54, 1.807) is 0 Å². The lowest BCUT2D eigenvalue weighted by molar-refractivity contribution is 0.00475. The van der Waals surface area contributed by atoms with Gasteiger partial charge in [-0.3, -0.25) is 9.08 Å². The lowest BCUT2D eigenvalue weighted by Crippen LogP contribution is -2.54. The van der Waals surface area contributed by atoms with Crippen molar-refractivity contribution in [2.24, 2.45) is 0 Å². The summed E-state index contributed by atoms with van der Waals surface area (Å²) in [6.07, 6.45) is 0.853. The van der Waals surface area contributed by atoms with E-state index in [1.165, 1.54) is 11.1 Å². The van der Waals surface area contributed by atoms with Crippen LogP contribution in [-0.4, -0.2) is 38.8 Å². The van der Waals surface area contributed by atoms with Gasteiger partial charge in [-0.2, -0.15) is 8.42 Å². The Kier molecular flexibility index (Phi) is 5.81. The Morgan fingerprint density at radius 1 is 0.957 bits per heavy atom. The largest absolute Gasteiger partial charge is 0.287 e. The molecule has 0 aliphatic carbocycles. The van der Waals surface area contributed by atoms with Crippen molar-refractivity contribution in [3.05, 3.63) is 71.8 Å². The summed E-state index contributed by atoms with van der Waals surface area (Å²) in [6.45, 7) is 1.23. The molecule has 2 aromatic carbocycles. The normalized spacial score (nSPS) is 15.9. The number of hydrogen-bond donors (Lipinski definition) is 0. The molecule has 1 saturated heterocycles. The molecule has 0 N–H and O–H groups in total. The van der Waals surface area contributed by atoms with Crippen LogP contribution in [0.15, 0.2) is 60.7 Å². The fraction of sp³-hybridized carbons (Fsp3) is 0.294. The maximum absolute atomic E-state index is 11.2. The molecule has 0 atom stereocenters. The van der Waals surface area contributed by atoms with Gasteiger partial charge in [0.1, 0.15) is 6.10 Å². The highest BCUT2D eigenvalue weighted by molar-refractivity contribution is 7.86. The maximum Gasteiger partial charge on any atom is 0.264 e. The smallest absolute Gasteiger partial charge is 0.264 e. The van der Waals surface area contributed by atoms with Gasteiger partial charge in [0, 0.05) is 13.1 Å². The van der Waals surface area contributed by atoms with Crippen LogP contribution in [0, 0.1) is 0 Å². The highest BCUT2D eigenvalue weighted by Crippen LogP contribution is 2.33. The van der Waals surface area contributed by atoms with Crippen molar-refractivity contribution >= 4 is 22.5 Å². The van der Waals surface area contributed by atoms with Crippen LogP contribution in [-0.2, 0) is 14.3 Å². The summed E-state index contributed by atoms with van der Waals surface area (Å²) in [5.41, 5.74) is 2.40. The quantitative estimate of drug-likeness (QED) is 0.775. The molecule has 0 radical (unpaired) electrons. The average molecular weight is 354 g/mol. The fourth-order valence-electron chi connectivity index (χ4n) is 2.87. The molecule has 23 heavy (non-hydrogen) atoms. The van der Waals surface area contributed by atoms with E-state index in [2.05, 4.69) is 29.2 Å². The molecule has 0 spiro atoms. The molecule has 0 aromatic heterocycles. The van der Waals surface area contributed by atoms with Crippen LogP contribution < -0.4 is 0 Å². The Morgan fingerprint density at radius 3 is 1.78 bits per heavy atom. The molecule has 1 heterocycles. The van der Waals surface area contributed by atoms with Crippen LogP contribution in [0.3, 0.4) is 0 Å². The molecule has 1 aliphatic rings. The first-order chi connectivity index (χ1) is 10.5. The standard InChI is InChI=1S/C17H19NO3S.ClH/c1-22(19,20)21-16-12-18(13-16)17(14-8-4-2-5-9-14)15-10-6-3-7-11-15;/h2-11,16-17H,12-13H2,1H3;1H. The maximum atomic E-state index is 11.2. The molecule has 124 valence electrons. The molecule has 4 nitrogen and oxygen atoms in total. The number of nitrogens with zero attached hydrogens (tertiary/aromatic N) is 1. The van der Waals surface area contributed by atoms with Gasteiger partial charge in [0.05, 0.1) is 12.3 Å². The van der Waals surface area contributed by atoms with Crippen molar-refractivity contribution in [3.63, 3.8) is 0 Å². The predicted octanol–water partition coefficient (Wildman–Crippen LogP) is 2.86. The Balaban J connectivity index is 0.00000192. The van der Waals surface area contributed by atoms with Gasteiger partial charge in [0.2, 0.25) is 0 Å². The van der Waals surface area contributed by atoms with Crippen molar-refractivity contribution in [2.75, 3.05) is 19.3 Å². The van der Waals surface area contributed by atoms with Crippen LogP contribution in [0.4, 0.5) is 0 Å². The Hall–Kier alpha value is -1.40. The lowest BCUT2D eigenvalue weighted by atomic mass is 9.94. The predicted molar refractivity (Wildman–Crippen MR) is 93.3 cm³/mol. The van der Waals surface area contributed by atoms with Gasteiger partial charge >= 0.3 is 0 Å². The van der Waals surface area contributed by atoms with Crippen molar-refractivity contribution in [1.82, 2.24) is 4.90 Å². The zero-order valence-corrected chi connectivity index (χ0v) is 14.5. The van der Waals surface area contributed by atoms with Gasteiger partial charge in [0.15, 0.2) is 0 Å². The van der Waals surface area contributed by atoms with E-state index in [9.17, 15) is 8.42 Å². The third-order valence-electron chi connectivity index (χ3n) is 3.78. The number of likely N-dealkylation sites (tertiary alicyclic amines) is 1. The topological polar surface area (TPSA) is 46.6 Å². The first-order valence-electron chi connectivity index (χ1n) is 7.25. The summed E-state index contributed by atoms with van der Waals surface area (Å²) in [4.78, 5) is 2.24. The van der Waals surface area contributed by atoms with E-state index in [1.807, 2.05) is 36.4 Å². The molecule has 2 aromatic rings. The van der Waals surface area contributed by atoms with Crippen molar-refractivity contribution in [1.29, 1.82) is 0 Å². The van der Waals surface area contributed by atoms with Crippen LogP contribution in [0.5, 0.6) is 0 Å². The molecular formula is C17H20ClNO3S. The number of hydrogen-bond acceptors (Lipinski definition) is 4. The van der Waals surface area contributed by atoms with Gasteiger partial charge in [0.25, 0.3) is 10.1 Å². The summed E-state index contributed by atoms with van der Waals surface area (Å²) in [5, 5.41) is 0. The summed E-state index contributed by atoms with van der Waals surface area (Å²) >= 11 is 0. The first-order valence-corrected chi connectivity index (χ1v) is 9.07. The summed E-state index contributed by atoms with van der Waals surface area (Å²) in [6, 6.07) is 20.6. The molecule has 6 heteroatoms. The summed E-state index contributed by atoms with van der Waals surface area (Å²) in [5.74, 6) is 0. The van der Waals surface area contributed by atoms with Crippen LogP contribution in [0.25, 0.3) is 0 Å². The number of benzene rings is 2. The SMILES string of the molecule is CS(=O)(=O)OC1CN(C(c2ccccc2)c2ccccc2)C1.Cl. The molecule has 0 bridgehead atoms. The molecule has 0 unspecified atom stereocenters. The Bertz CT molecular complexity index is 677. The minimum absolute atomic E-state index is 0. The average Bonchev–Trinajstić information content (AvgIpc) is 2.46. The second kappa shape index (κ2) is 7.45. The van der Waals surface area contributed by atoms with E-state index in [0.717, 1.165) is 6.26 Å². The number of halogens is 1. The van der Waals surface area contributed by atoms with Gasteiger partial charge < -0.3 is 0 Å². The molecule has 1 fully saturated rings.